The SMILES string of the molecule is CNCC1CCC(Cn2cc(C)cn2)O1. The normalized spacial score (nSPS) is 26.0. The molecule has 84 valence electrons. The summed E-state index contributed by atoms with van der Waals surface area (Å²) in [6, 6.07) is 0. The van der Waals surface area contributed by atoms with E-state index in [2.05, 4.69) is 23.5 Å². The van der Waals surface area contributed by atoms with Crippen LogP contribution in [0.25, 0.3) is 0 Å². The Balaban J connectivity index is 1.82. The number of rotatable bonds is 4. The van der Waals surface area contributed by atoms with Crippen molar-refractivity contribution in [2.45, 2.75) is 38.5 Å². The van der Waals surface area contributed by atoms with E-state index in [-0.39, 0.29) is 0 Å². The predicted octanol–water partition coefficient (Wildman–Crippen LogP) is 0.959. The van der Waals surface area contributed by atoms with Crippen LogP contribution in [0.15, 0.2) is 12.4 Å². The summed E-state index contributed by atoms with van der Waals surface area (Å²) in [5.41, 5.74) is 1.21. The van der Waals surface area contributed by atoms with E-state index in [1.165, 1.54) is 5.56 Å². The molecule has 4 nitrogen and oxygen atoms in total. The van der Waals surface area contributed by atoms with E-state index < -0.39 is 0 Å². The third-order valence-electron chi connectivity index (χ3n) is 2.78. The van der Waals surface area contributed by atoms with Crippen molar-refractivity contribution < 1.29 is 4.74 Å². The van der Waals surface area contributed by atoms with E-state index in [1.807, 2.05) is 17.9 Å². The lowest BCUT2D eigenvalue weighted by Crippen LogP contribution is -2.25. The summed E-state index contributed by atoms with van der Waals surface area (Å²) in [4.78, 5) is 0. The van der Waals surface area contributed by atoms with Crippen LogP contribution in [0.3, 0.4) is 0 Å². The lowest BCUT2D eigenvalue weighted by atomic mass is 10.2. The summed E-state index contributed by atoms with van der Waals surface area (Å²) in [7, 11) is 1.97. The predicted molar refractivity (Wildman–Crippen MR) is 58.8 cm³/mol. The molecule has 1 aromatic heterocycles. The van der Waals surface area contributed by atoms with Gasteiger partial charge in [0.2, 0.25) is 0 Å². The Hall–Kier alpha value is -0.870. The molecule has 1 N–H and O–H groups in total. The highest BCUT2D eigenvalue weighted by Gasteiger charge is 2.24. The lowest BCUT2D eigenvalue weighted by molar-refractivity contribution is 0.0351. The number of nitrogens with one attached hydrogen (secondary N) is 1. The van der Waals surface area contributed by atoms with Gasteiger partial charge < -0.3 is 10.1 Å². The van der Waals surface area contributed by atoms with Crippen molar-refractivity contribution in [3.63, 3.8) is 0 Å². The molecule has 1 aliphatic heterocycles. The summed E-state index contributed by atoms with van der Waals surface area (Å²) in [5.74, 6) is 0. The molecule has 1 fully saturated rings. The molecular weight excluding hydrogens is 190 g/mol. The van der Waals surface area contributed by atoms with Gasteiger partial charge in [0, 0.05) is 12.7 Å². The van der Waals surface area contributed by atoms with Gasteiger partial charge in [-0.25, -0.2) is 0 Å². The monoisotopic (exact) mass is 209 g/mol. The second-order valence-electron chi connectivity index (χ2n) is 4.25. The Labute approximate surface area is 90.6 Å². The minimum Gasteiger partial charge on any atom is -0.372 e. The van der Waals surface area contributed by atoms with Gasteiger partial charge in [-0.15, -0.1) is 0 Å². The molecular formula is C11H19N3O. The van der Waals surface area contributed by atoms with Crippen molar-refractivity contribution in [2.75, 3.05) is 13.6 Å². The zero-order valence-electron chi connectivity index (χ0n) is 9.44. The molecule has 2 rings (SSSR count). The summed E-state index contributed by atoms with van der Waals surface area (Å²) in [6.07, 6.45) is 6.98. The maximum Gasteiger partial charge on any atom is 0.0776 e. The van der Waals surface area contributed by atoms with Crippen LogP contribution in [-0.2, 0) is 11.3 Å². The van der Waals surface area contributed by atoms with Gasteiger partial charge in [-0.05, 0) is 32.4 Å². The van der Waals surface area contributed by atoms with Crippen LogP contribution in [0.1, 0.15) is 18.4 Å². The maximum absolute atomic E-state index is 5.89. The van der Waals surface area contributed by atoms with Gasteiger partial charge in [0.05, 0.1) is 24.9 Å². The Morgan fingerprint density at radius 3 is 3.00 bits per heavy atom. The molecule has 2 unspecified atom stereocenters. The molecule has 0 aliphatic carbocycles. The number of hydrogen-bond acceptors (Lipinski definition) is 3. The standard InChI is InChI=1S/C11H19N3O/c1-9-5-13-14(7-9)8-11-4-3-10(15-11)6-12-2/h5,7,10-12H,3-4,6,8H2,1-2H3. The fourth-order valence-electron chi connectivity index (χ4n) is 2.07. The molecule has 0 radical (unpaired) electrons. The van der Waals surface area contributed by atoms with Gasteiger partial charge in [0.15, 0.2) is 0 Å². The zero-order chi connectivity index (χ0) is 10.7. The molecule has 0 bridgehead atoms. The highest BCUT2D eigenvalue weighted by atomic mass is 16.5. The van der Waals surface area contributed by atoms with Crippen molar-refractivity contribution in [3.8, 4) is 0 Å². The molecule has 0 spiro atoms. The Morgan fingerprint density at radius 2 is 2.33 bits per heavy atom. The van der Waals surface area contributed by atoms with Crippen molar-refractivity contribution in [1.82, 2.24) is 15.1 Å². The summed E-state index contributed by atoms with van der Waals surface area (Å²) in [6.45, 7) is 3.89. The van der Waals surface area contributed by atoms with Crippen LogP contribution in [0.4, 0.5) is 0 Å². The quantitative estimate of drug-likeness (QED) is 0.802. The first-order chi connectivity index (χ1) is 7.28. The average Bonchev–Trinajstić information content (AvgIpc) is 2.78. The van der Waals surface area contributed by atoms with Crippen molar-refractivity contribution in [1.29, 1.82) is 0 Å². The fourth-order valence-corrected chi connectivity index (χ4v) is 2.07. The van der Waals surface area contributed by atoms with Crippen LogP contribution in [0, 0.1) is 6.92 Å². The maximum atomic E-state index is 5.89. The van der Waals surface area contributed by atoms with E-state index in [1.54, 1.807) is 0 Å². The van der Waals surface area contributed by atoms with E-state index in [9.17, 15) is 0 Å². The molecule has 2 atom stereocenters. The first-order valence-electron chi connectivity index (χ1n) is 5.57. The van der Waals surface area contributed by atoms with Crippen molar-refractivity contribution >= 4 is 0 Å². The Bertz CT molecular complexity index is 311. The molecule has 0 amide bonds. The van der Waals surface area contributed by atoms with E-state index in [0.29, 0.717) is 12.2 Å². The molecule has 1 saturated heterocycles. The van der Waals surface area contributed by atoms with Crippen LogP contribution in [-0.4, -0.2) is 35.6 Å². The van der Waals surface area contributed by atoms with E-state index in [4.69, 9.17) is 4.74 Å². The minimum absolute atomic E-state index is 0.336. The highest BCUT2D eigenvalue weighted by Crippen LogP contribution is 2.20. The smallest absolute Gasteiger partial charge is 0.0776 e. The number of aromatic nitrogens is 2. The number of aryl methyl sites for hydroxylation is 1. The Kier molecular flexibility index (Phi) is 3.38. The van der Waals surface area contributed by atoms with Crippen LogP contribution in [0.2, 0.25) is 0 Å². The van der Waals surface area contributed by atoms with Gasteiger partial charge in [0.25, 0.3) is 0 Å². The molecule has 15 heavy (non-hydrogen) atoms. The fraction of sp³-hybridized carbons (Fsp3) is 0.727. The molecule has 1 aromatic rings. The second-order valence-corrected chi connectivity index (χ2v) is 4.25. The highest BCUT2D eigenvalue weighted by molar-refractivity contribution is 4.99. The van der Waals surface area contributed by atoms with Gasteiger partial charge >= 0.3 is 0 Å². The average molecular weight is 209 g/mol. The lowest BCUT2D eigenvalue weighted by Gasteiger charge is -2.13. The van der Waals surface area contributed by atoms with Crippen LogP contribution < -0.4 is 5.32 Å². The van der Waals surface area contributed by atoms with Gasteiger partial charge in [-0.3, -0.25) is 4.68 Å². The van der Waals surface area contributed by atoms with Gasteiger partial charge in [0.1, 0.15) is 0 Å². The van der Waals surface area contributed by atoms with Crippen molar-refractivity contribution in [3.05, 3.63) is 18.0 Å². The largest absolute Gasteiger partial charge is 0.372 e. The first-order valence-corrected chi connectivity index (χ1v) is 5.57. The molecule has 0 aromatic carbocycles. The van der Waals surface area contributed by atoms with Gasteiger partial charge in [-0.2, -0.15) is 5.10 Å². The van der Waals surface area contributed by atoms with E-state index >= 15 is 0 Å². The minimum atomic E-state index is 0.336. The Morgan fingerprint density at radius 1 is 1.53 bits per heavy atom. The summed E-state index contributed by atoms with van der Waals surface area (Å²) < 4.78 is 7.87. The van der Waals surface area contributed by atoms with Crippen LogP contribution in [0.5, 0.6) is 0 Å². The third kappa shape index (κ3) is 2.79. The second kappa shape index (κ2) is 4.77. The number of ether oxygens (including phenoxy) is 1. The molecule has 0 saturated carbocycles. The first kappa shape index (κ1) is 10.6. The third-order valence-corrected chi connectivity index (χ3v) is 2.78. The molecule has 2 heterocycles. The summed E-state index contributed by atoms with van der Waals surface area (Å²) >= 11 is 0. The summed E-state index contributed by atoms with van der Waals surface area (Å²) in [5, 5.41) is 7.42. The zero-order valence-corrected chi connectivity index (χ0v) is 9.44. The van der Waals surface area contributed by atoms with Gasteiger partial charge in [-0.1, -0.05) is 0 Å². The topological polar surface area (TPSA) is 39.1 Å². The van der Waals surface area contributed by atoms with E-state index in [0.717, 1.165) is 25.9 Å². The number of likely N-dealkylation sites (N-methyl/N-ethyl adjacent to an activating group) is 1. The molecule has 4 heteroatoms. The van der Waals surface area contributed by atoms with Crippen molar-refractivity contribution in [2.24, 2.45) is 0 Å². The van der Waals surface area contributed by atoms with Crippen LogP contribution >= 0.6 is 0 Å². The number of nitrogens with zero attached hydrogens (tertiary/aromatic N) is 2. The number of hydrogen-bond donors (Lipinski definition) is 1. The molecule has 1 aliphatic rings.